The fraction of sp³-hybridized carbons (Fsp3) is 0.435. The van der Waals surface area contributed by atoms with E-state index in [-0.39, 0.29) is 0 Å². The summed E-state index contributed by atoms with van der Waals surface area (Å²) >= 11 is 0. The molecule has 2 aromatic heterocycles. The molecule has 1 unspecified atom stereocenters. The zero-order chi connectivity index (χ0) is 20.1. The SMILES string of the molecule is CC(C)CC(CNc1nc(-c2cccnc2)nc2ccccc12)N1CCOCC1. The lowest BCUT2D eigenvalue weighted by Crippen LogP contribution is -2.47. The lowest BCUT2D eigenvalue weighted by Gasteiger charge is -2.35. The van der Waals surface area contributed by atoms with Gasteiger partial charge in [-0.05, 0) is 36.6 Å². The maximum Gasteiger partial charge on any atom is 0.163 e. The predicted molar refractivity (Wildman–Crippen MR) is 117 cm³/mol. The summed E-state index contributed by atoms with van der Waals surface area (Å²) < 4.78 is 5.55. The molecule has 0 saturated carbocycles. The van der Waals surface area contributed by atoms with Crippen LogP contribution in [0, 0.1) is 5.92 Å². The number of nitrogens with zero attached hydrogens (tertiary/aromatic N) is 4. The van der Waals surface area contributed by atoms with Gasteiger partial charge in [0.25, 0.3) is 0 Å². The Morgan fingerprint density at radius 1 is 1.07 bits per heavy atom. The maximum atomic E-state index is 5.55. The summed E-state index contributed by atoms with van der Waals surface area (Å²) in [7, 11) is 0. The molecular weight excluding hydrogens is 362 g/mol. The smallest absolute Gasteiger partial charge is 0.163 e. The van der Waals surface area contributed by atoms with Gasteiger partial charge in [-0.25, -0.2) is 9.97 Å². The Labute approximate surface area is 172 Å². The number of hydrogen-bond donors (Lipinski definition) is 1. The molecule has 3 aromatic rings. The highest BCUT2D eigenvalue weighted by Crippen LogP contribution is 2.25. The molecule has 1 atom stereocenters. The molecule has 29 heavy (non-hydrogen) atoms. The lowest BCUT2D eigenvalue weighted by atomic mass is 10.0. The second-order valence-corrected chi connectivity index (χ2v) is 7.97. The number of nitrogens with one attached hydrogen (secondary N) is 1. The van der Waals surface area contributed by atoms with Crippen molar-refractivity contribution < 1.29 is 4.74 Å². The Balaban J connectivity index is 1.61. The van der Waals surface area contributed by atoms with E-state index in [0.717, 1.165) is 61.6 Å². The summed E-state index contributed by atoms with van der Waals surface area (Å²) in [6, 6.07) is 12.5. The molecule has 3 heterocycles. The Hall–Kier alpha value is -2.57. The maximum absolute atomic E-state index is 5.55. The van der Waals surface area contributed by atoms with E-state index >= 15 is 0 Å². The number of anilines is 1. The lowest BCUT2D eigenvalue weighted by molar-refractivity contribution is 0.0150. The van der Waals surface area contributed by atoms with Crippen molar-refractivity contribution in [3.05, 3.63) is 48.8 Å². The van der Waals surface area contributed by atoms with Crippen molar-refractivity contribution >= 4 is 16.7 Å². The fourth-order valence-corrected chi connectivity index (χ4v) is 3.90. The van der Waals surface area contributed by atoms with Gasteiger partial charge in [0.05, 0.1) is 18.7 Å². The number of fused-ring (bicyclic) bond motifs is 1. The minimum absolute atomic E-state index is 0.453. The second kappa shape index (κ2) is 9.29. The first kappa shape index (κ1) is 19.7. The van der Waals surface area contributed by atoms with Crippen molar-refractivity contribution in [1.29, 1.82) is 0 Å². The highest BCUT2D eigenvalue weighted by atomic mass is 16.5. The van der Waals surface area contributed by atoms with Gasteiger partial charge < -0.3 is 10.1 Å². The second-order valence-electron chi connectivity index (χ2n) is 7.97. The number of aromatic nitrogens is 3. The van der Waals surface area contributed by atoms with Crippen molar-refractivity contribution in [2.24, 2.45) is 5.92 Å². The molecule has 0 bridgehead atoms. The summed E-state index contributed by atoms with van der Waals surface area (Å²) in [5.41, 5.74) is 1.86. The van der Waals surface area contributed by atoms with Crippen LogP contribution in [0.5, 0.6) is 0 Å². The van der Waals surface area contributed by atoms with Crippen molar-refractivity contribution in [2.45, 2.75) is 26.3 Å². The summed E-state index contributed by atoms with van der Waals surface area (Å²) in [6.45, 7) is 9.04. The summed E-state index contributed by atoms with van der Waals surface area (Å²) in [5.74, 6) is 2.22. The average molecular weight is 392 g/mol. The quantitative estimate of drug-likeness (QED) is 0.660. The Kier molecular flexibility index (Phi) is 6.32. The van der Waals surface area contributed by atoms with E-state index in [9.17, 15) is 0 Å². The number of pyridine rings is 1. The Bertz CT molecular complexity index is 925. The number of rotatable bonds is 7. The third-order valence-electron chi connectivity index (χ3n) is 5.33. The highest BCUT2D eigenvalue weighted by molar-refractivity contribution is 5.90. The molecule has 152 valence electrons. The van der Waals surface area contributed by atoms with Crippen molar-refractivity contribution in [3.8, 4) is 11.4 Å². The fourth-order valence-electron chi connectivity index (χ4n) is 3.90. The molecule has 1 aliphatic heterocycles. The van der Waals surface area contributed by atoms with Crippen molar-refractivity contribution in [3.63, 3.8) is 0 Å². The van der Waals surface area contributed by atoms with Gasteiger partial charge in [-0.1, -0.05) is 26.0 Å². The molecule has 6 nitrogen and oxygen atoms in total. The van der Waals surface area contributed by atoms with Crippen LogP contribution in [0.3, 0.4) is 0 Å². The first-order valence-electron chi connectivity index (χ1n) is 10.4. The van der Waals surface area contributed by atoms with Crippen LogP contribution >= 0.6 is 0 Å². The summed E-state index contributed by atoms with van der Waals surface area (Å²) in [4.78, 5) is 16.4. The standard InChI is InChI=1S/C23H29N5O/c1-17(2)14-19(28-10-12-29-13-11-28)16-25-23-20-7-3-4-8-21(20)26-22(27-23)18-6-5-9-24-15-18/h3-9,15,17,19H,10-14,16H2,1-2H3,(H,25,26,27). The van der Waals surface area contributed by atoms with Gasteiger partial charge in [0, 0.05) is 49.0 Å². The van der Waals surface area contributed by atoms with Gasteiger partial charge >= 0.3 is 0 Å². The van der Waals surface area contributed by atoms with Crippen LogP contribution in [-0.2, 0) is 4.74 Å². The van der Waals surface area contributed by atoms with Crippen LogP contribution in [0.2, 0.25) is 0 Å². The third-order valence-corrected chi connectivity index (χ3v) is 5.33. The van der Waals surface area contributed by atoms with Crippen LogP contribution in [0.15, 0.2) is 48.8 Å². The molecule has 1 saturated heterocycles. The van der Waals surface area contributed by atoms with Crippen molar-refractivity contribution in [2.75, 3.05) is 38.2 Å². The van der Waals surface area contributed by atoms with Crippen LogP contribution in [-0.4, -0.2) is 58.7 Å². The van der Waals surface area contributed by atoms with Crippen LogP contribution in [0.1, 0.15) is 20.3 Å². The normalized spacial score (nSPS) is 16.2. The van der Waals surface area contributed by atoms with E-state index in [1.807, 2.05) is 36.5 Å². The average Bonchev–Trinajstić information content (AvgIpc) is 2.77. The van der Waals surface area contributed by atoms with Crippen LogP contribution < -0.4 is 5.32 Å². The highest BCUT2D eigenvalue weighted by Gasteiger charge is 2.22. The van der Waals surface area contributed by atoms with Crippen LogP contribution in [0.25, 0.3) is 22.3 Å². The minimum atomic E-state index is 0.453. The first-order chi connectivity index (χ1) is 14.2. The predicted octanol–water partition coefficient (Wildman–Crippen LogP) is 3.85. The number of ether oxygens (including phenoxy) is 1. The number of benzene rings is 1. The molecular formula is C23H29N5O. The largest absolute Gasteiger partial charge is 0.379 e. The molecule has 1 aromatic carbocycles. The Morgan fingerprint density at radius 2 is 1.90 bits per heavy atom. The van der Waals surface area contributed by atoms with Crippen LogP contribution in [0.4, 0.5) is 5.82 Å². The molecule has 1 fully saturated rings. The first-order valence-corrected chi connectivity index (χ1v) is 10.4. The van der Waals surface area contributed by atoms with Crippen molar-refractivity contribution in [1.82, 2.24) is 19.9 Å². The molecule has 0 radical (unpaired) electrons. The van der Waals surface area contributed by atoms with Gasteiger partial charge in [-0.3, -0.25) is 9.88 Å². The molecule has 0 aliphatic carbocycles. The molecule has 0 amide bonds. The molecule has 4 rings (SSSR count). The Morgan fingerprint density at radius 3 is 2.66 bits per heavy atom. The topological polar surface area (TPSA) is 63.2 Å². The van der Waals surface area contributed by atoms with E-state index in [2.05, 4.69) is 35.1 Å². The van der Waals surface area contributed by atoms with E-state index in [1.165, 1.54) is 0 Å². The summed E-state index contributed by atoms with van der Waals surface area (Å²) in [6.07, 6.45) is 4.72. The van der Waals surface area contributed by atoms with E-state index < -0.39 is 0 Å². The summed E-state index contributed by atoms with van der Waals surface area (Å²) in [5, 5.41) is 4.69. The minimum Gasteiger partial charge on any atom is -0.379 e. The molecule has 1 aliphatic rings. The van der Waals surface area contributed by atoms with E-state index in [4.69, 9.17) is 14.7 Å². The van der Waals surface area contributed by atoms with Gasteiger partial charge in [0.2, 0.25) is 0 Å². The number of morpholine rings is 1. The van der Waals surface area contributed by atoms with E-state index in [0.29, 0.717) is 17.8 Å². The monoisotopic (exact) mass is 391 g/mol. The number of hydrogen-bond acceptors (Lipinski definition) is 6. The third kappa shape index (κ3) is 4.89. The van der Waals surface area contributed by atoms with Gasteiger partial charge in [0.15, 0.2) is 5.82 Å². The van der Waals surface area contributed by atoms with E-state index in [1.54, 1.807) is 6.20 Å². The van der Waals surface area contributed by atoms with Gasteiger partial charge in [-0.15, -0.1) is 0 Å². The molecule has 6 heteroatoms. The molecule has 0 spiro atoms. The number of para-hydroxylation sites is 1. The zero-order valence-corrected chi connectivity index (χ0v) is 17.2. The molecule has 1 N–H and O–H groups in total. The van der Waals surface area contributed by atoms with Gasteiger partial charge in [-0.2, -0.15) is 0 Å². The van der Waals surface area contributed by atoms with Gasteiger partial charge in [0.1, 0.15) is 5.82 Å². The zero-order valence-electron chi connectivity index (χ0n) is 17.2.